The second kappa shape index (κ2) is 6.98. The van der Waals surface area contributed by atoms with Crippen molar-refractivity contribution >= 4 is 29.1 Å². The van der Waals surface area contributed by atoms with Gasteiger partial charge in [-0.15, -0.1) is 10.2 Å². The van der Waals surface area contributed by atoms with Crippen molar-refractivity contribution in [1.29, 1.82) is 0 Å². The predicted octanol–water partition coefficient (Wildman–Crippen LogP) is 4.67. The van der Waals surface area contributed by atoms with Crippen LogP contribution in [0.25, 0.3) is 11.5 Å². The molecule has 0 saturated heterocycles. The summed E-state index contributed by atoms with van der Waals surface area (Å²) in [5.74, 6) is 0.612. The van der Waals surface area contributed by atoms with E-state index in [-0.39, 0.29) is 11.5 Å². The molecule has 4 nitrogen and oxygen atoms in total. The number of carbonyl (C=O) groups excluding carboxylic acids is 1. The van der Waals surface area contributed by atoms with Crippen LogP contribution in [-0.2, 0) is 0 Å². The highest BCUT2D eigenvalue weighted by Crippen LogP contribution is 2.28. The number of aryl methyl sites for hydroxylation is 1. The topological polar surface area (TPSA) is 56.0 Å². The Kier molecular flexibility index (Phi) is 4.79. The number of benzene rings is 2. The maximum Gasteiger partial charge on any atom is 0.277 e. The van der Waals surface area contributed by atoms with Crippen molar-refractivity contribution in [2.75, 3.05) is 5.75 Å². The Bertz CT molecular complexity index is 831. The van der Waals surface area contributed by atoms with Crippen LogP contribution in [-0.4, -0.2) is 21.7 Å². The molecule has 0 atom stereocenters. The monoisotopic (exact) mass is 344 g/mol. The average molecular weight is 345 g/mol. The lowest BCUT2D eigenvalue weighted by Gasteiger charge is -1.99. The normalized spacial score (nSPS) is 10.7. The minimum Gasteiger partial charge on any atom is -0.411 e. The molecule has 0 spiro atoms. The smallest absolute Gasteiger partial charge is 0.277 e. The van der Waals surface area contributed by atoms with Crippen LogP contribution in [0.15, 0.2) is 58.2 Å². The third-order valence-electron chi connectivity index (χ3n) is 3.21. The summed E-state index contributed by atoms with van der Waals surface area (Å²) in [5.41, 5.74) is 2.47. The highest BCUT2D eigenvalue weighted by molar-refractivity contribution is 7.99. The molecule has 0 unspecified atom stereocenters. The summed E-state index contributed by atoms with van der Waals surface area (Å²) < 4.78 is 5.56. The van der Waals surface area contributed by atoms with Crippen molar-refractivity contribution < 1.29 is 9.21 Å². The second-order valence-corrected chi connectivity index (χ2v) is 6.26. The maximum absolute atomic E-state index is 12.1. The van der Waals surface area contributed by atoms with Gasteiger partial charge in [0, 0.05) is 5.56 Å². The van der Waals surface area contributed by atoms with Gasteiger partial charge in [-0.05, 0) is 19.1 Å². The molecule has 0 aliphatic heterocycles. The predicted molar refractivity (Wildman–Crippen MR) is 91.0 cm³/mol. The van der Waals surface area contributed by atoms with Crippen LogP contribution in [0.3, 0.4) is 0 Å². The van der Waals surface area contributed by atoms with Crippen molar-refractivity contribution in [3.8, 4) is 11.5 Å². The van der Waals surface area contributed by atoms with E-state index in [0.29, 0.717) is 27.3 Å². The lowest BCUT2D eigenvalue weighted by molar-refractivity contribution is 0.102. The molecule has 3 rings (SSSR count). The number of Topliss-reactive ketones (excluding diaryl/α,β-unsaturated/α-hetero) is 1. The number of carbonyl (C=O) groups is 1. The van der Waals surface area contributed by atoms with E-state index in [0.717, 1.165) is 5.56 Å². The van der Waals surface area contributed by atoms with Gasteiger partial charge in [0.25, 0.3) is 5.22 Å². The van der Waals surface area contributed by atoms with Crippen molar-refractivity contribution in [2.24, 2.45) is 0 Å². The van der Waals surface area contributed by atoms with Crippen LogP contribution in [0.1, 0.15) is 15.9 Å². The summed E-state index contributed by atoms with van der Waals surface area (Å²) in [4.78, 5) is 12.1. The fourth-order valence-corrected chi connectivity index (χ4v) is 2.84. The molecule has 0 N–H and O–H groups in total. The molecule has 2 aromatic carbocycles. The molecule has 0 radical (unpaired) electrons. The van der Waals surface area contributed by atoms with E-state index in [1.165, 1.54) is 11.8 Å². The minimum absolute atomic E-state index is 0.0208. The van der Waals surface area contributed by atoms with E-state index < -0.39 is 0 Å². The fraction of sp³-hybridized carbons (Fsp3) is 0.118. The van der Waals surface area contributed by atoms with Crippen LogP contribution in [0.5, 0.6) is 0 Å². The van der Waals surface area contributed by atoms with Gasteiger partial charge in [0.05, 0.1) is 16.3 Å². The summed E-state index contributed by atoms with van der Waals surface area (Å²) >= 11 is 7.32. The van der Waals surface area contributed by atoms with Crippen LogP contribution < -0.4 is 0 Å². The Morgan fingerprint density at radius 1 is 1.13 bits per heavy atom. The number of ketones is 1. The average Bonchev–Trinajstić information content (AvgIpc) is 3.02. The number of hydrogen-bond acceptors (Lipinski definition) is 5. The molecule has 3 aromatic rings. The van der Waals surface area contributed by atoms with Crippen molar-refractivity contribution in [3.05, 3.63) is 64.7 Å². The van der Waals surface area contributed by atoms with Gasteiger partial charge >= 0.3 is 0 Å². The summed E-state index contributed by atoms with van der Waals surface area (Å²) in [6.07, 6.45) is 0. The summed E-state index contributed by atoms with van der Waals surface area (Å²) in [7, 11) is 0. The first kappa shape index (κ1) is 15.8. The Morgan fingerprint density at radius 3 is 2.61 bits per heavy atom. The van der Waals surface area contributed by atoms with Gasteiger partial charge in [0.1, 0.15) is 0 Å². The number of thioether (sulfide) groups is 1. The number of hydrogen-bond donors (Lipinski definition) is 0. The lowest BCUT2D eigenvalue weighted by Crippen LogP contribution is -2.02. The number of aromatic nitrogens is 2. The lowest BCUT2D eigenvalue weighted by atomic mass is 10.1. The van der Waals surface area contributed by atoms with E-state index in [1.807, 2.05) is 49.4 Å². The molecular formula is C17H13ClN2O2S. The molecule has 0 bridgehead atoms. The summed E-state index contributed by atoms with van der Waals surface area (Å²) in [6.45, 7) is 1.98. The molecule has 0 aliphatic carbocycles. The van der Waals surface area contributed by atoms with E-state index >= 15 is 0 Å². The molecule has 0 fully saturated rings. The Balaban J connectivity index is 1.67. The zero-order chi connectivity index (χ0) is 16.2. The summed E-state index contributed by atoms with van der Waals surface area (Å²) in [5, 5.41) is 8.82. The van der Waals surface area contributed by atoms with Crippen LogP contribution in [0.4, 0.5) is 0 Å². The van der Waals surface area contributed by atoms with Gasteiger partial charge in [-0.1, -0.05) is 65.3 Å². The quantitative estimate of drug-likeness (QED) is 0.497. The third-order valence-corrected chi connectivity index (χ3v) is 4.36. The first-order valence-corrected chi connectivity index (χ1v) is 8.31. The maximum atomic E-state index is 12.1. The van der Waals surface area contributed by atoms with Crippen LogP contribution in [0.2, 0.25) is 5.02 Å². The molecular weight excluding hydrogens is 332 g/mol. The Hall–Kier alpha value is -2.11. The van der Waals surface area contributed by atoms with Gasteiger partial charge in [0.15, 0.2) is 5.78 Å². The molecule has 23 heavy (non-hydrogen) atoms. The standard InChI is InChI=1S/C17H13ClN2O2S/c1-11-6-8-12(9-7-11)15(21)10-23-17-20-19-16(22-17)13-4-2-3-5-14(13)18/h2-9H,10H2,1H3. The van der Waals surface area contributed by atoms with Crippen LogP contribution >= 0.6 is 23.4 Å². The van der Waals surface area contributed by atoms with E-state index in [1.54, 1.807) is 6.07 Å². The molecule has 0 amide bonds. The number of nitrogens with zero attached hydrogens (tertiary/aromatic N) is 2. The van der Waals surface area contributed by atoms with Crippen molar-refractivity contribution in [3.63, 3.8) is 0 Å². The minimum atomic E-state index is 0.0208. The van der Waals surface area contributed by atoms with Crippen LogP contribution in [0, 0.1) is 6.92 Å². The number of halogens is 1. The molecule has 0 saturated carbocycles. The Labute approximate surface area is 142 Å². The van der Waals surface area contributed by atoms with Crippen molar-refractivity contribution in [1.82, 2.24) is 10.2 Å². The highest BCUT2D eigenvalue weighted by atomic mass is 35.5. The number of rotatable bonds is 5. The molecule has 1 aromatic heterocycles. The third kappa shape index (κ3) is 3.81. The van der Waals surface area contributed by atoms with Crippen molar-refractivity contribution in [2.45, 2.75) is 12.1 Å². The van der Waals surface area contributed by atoms with Gasteiger partial charge in [0.2, 0.25) is 5.89 Å². The molecule has 6 heteroatoms. The SMILES string of the molecule is Cc1ccc(C(=O)CSc2nnc(-c3ccccc3Cl)o2)cc1. The van der Waals surface area contributed by atoms with Gasteiger partial charge < -0.3 is 4.42 Å². The van der Waals surface area contributed by atoms with E-state index in [9.17, 15) is 4.79 Å². The first-order chi connectivity index (χ1) is 11.1. The molecule has 1 heterocycles. The molecule has 116 valence electrons. The van der Waals surface area contributed by atoms with Gasteiger partial charge in [-0.3, -0.25) is 4.79 Å². The second-order valence-electron chi connectivity index (χ2n) is 4.93. The molecule has 0 aliphatic rings. The van der Waals surface area contributed by atoms with E-state index in [4.69, 9.17) is 16.0 Å². The Morgan fingerprint density at radius 2 is 1.87 bits per heavy atom. The highest BCUT2D eigenvalue weighted by Gasteiger charge is 2.14. The van der Waals surface area contributed by atoms with Gasteiger partial charge in [-0.2, -0.15) is 0 Å². The summed E-state index contributed by atoms with van der Waals surface area (Å²) in [6, 6.07) is 14.7. The van der Waals surface area contributed by atoms with Gasteiger partial charge in [-0.25, -0.2) is 0 Å². The zero-order valence-corrected chi connectivity index (χ0v) is 13.9. The first-order valence-electron chi connectivity index (χ1n) is 6.94. The largest absolute Gasteiger partial charge is 0.411 e. The fourth-order valence-electron chi connectivity index (χ4n) is 1.96. The zero-order valence-electron chi connectivity index (χ0n) is 12.3. The van der Waals surface area contributed by atoms with E-state index in [2.05, 4.69) is 10.2 Å².